The molecule has 1 heterocycles. The van der Waals surface area contributed by atoms with Crippen LogP contribution in [0, 0.1) is 0 Å². The van der Waals surface area contributed by atoms with Gasteiger partial charge in [-0.25, -0.2) is 4.98 Å². The van der Waals surface area contributed by atoms with Crippen molar-refractivity contribution in [1.82, 2.24) is 9.97 Å². The van der Waals surface area contributed by atoms with E-state index >= 15 is 0 Å². The highest BCUT2D eigenvalue weighted by Crippen LogP contribution is 2.30. The van der Waals surface area contributed by atoms with E-state index < -0.39 is 10.0 Å². The molecule has 0 unspecified atom stereocenters. The molecule has 0 amide bonds. The number of nitrogens with one attached hydrogen (secondary N) is 2. The van der Waals surface area contributed by atoms with Crippen LogP contribution in [0.25, 0.3) is 0 Å². The Balaban J connectivity index is 2.27. The molecule has 0 saturated heterocycles. The van der Waals surface area contributed by atoms with Crippen molar-refractivity contribution in [3.05, 3.63) is 42.4 Å². The highest BCUT2D eigenvalue weighted by Gasteiger charge is 2.21. The second-order valence-electron chi connectivity index (χ2n) is 5.74. The van der Waals surface area contributed by atoms with Crippen molar-refractivity contribution in [2.24, 2.45) is 0 Å². The highest BCUT2D eigenvalue weighted by atomic mass is 32.2. The molecule has 0 radical (unpaired) electrons. The lowest BCUT2D eigenvalue weighted by Gasteiger charge is -2.25. The average molecular weight is 307 g/mol. The van der Waals surface area contributed by atoms with Gasteiger partial charge in [-0.05, 0) is 29.5 Å². The molecule has 0 aliphatic rings. The topological polar surface area (TPSA) is 74.8 Å². The van der Waals surface area contributed by atoms with E-state index in [1.807, 2.05) is 18.2 Å². The summed E-state index contributed by atoms with van der Waals surface area (Å²) in [6.45, 7) is 6.48. The summed E-state index contributed by atoms with van der Waals surface area (Å²) in [5.41, 5.74) is 1.70. The molecule has 0 aliphatic carbocycles. The van der Waals surface area contributed by atoms with Crippen LogP contribution in [0.5, 0.6) is 0 Å². The third-order valence-electron chi connectivity index (χ3n) is 3.53. The average Bonchev–Trinajstić information content (AvgIpc) is 2.93. The number of sulfonamides is 1. The zero-order valence-electron chi connectivity index (χ0n) is 12.6. The number of H-pyrrole nitrogens is 1. The van der Waals surface area contributed by atoms with Crippen LogP contribution in [0.15, 0.2) is 41.8 Å². The lowest BCUT2D eigenvalue weighted by atomic mass is 9.80. The van der Waals surface area contributed by atoms with Gasteiger partial charge < -0.3 is 4.98 Å². The largest absolute Gasteiger partial charge is 0.334 e. The van der Waals surface area contributed by atoms with Gasteiger partial charge in [0.1, 0.15) is 0 Å². The van der Waals surface area contributed by atoms with Crippen molar-refractivity contribution >= 4 is 15.7 Å². The fraction of sp³-hybridized carbons (Fsp3) is 0.400. The summed E-state index contributed by atoms with van der Waals surface area (Å²) in [5.74, 6) is 0. The Hall–Kier alpha value is -1.82. The number of aromatic amines is 1. The quantitative estimate of drug-likeness (QED) is 0.860. The zero-order chi connectivity index (χ0) is 15.5. The Morgan fingerprint density at radius 3 is 2.71 bits per heavy atom. The normalized spacial score (nSPS) is 12.3. The number of rotatable bonds is 6. The first-order valence-electron chi connectivity index (χ1n) is 6.97. The van der Waals surface area contributed by atoms with E-state index in [4.69, 9.17) is 0 Å². The number of aromatic nitrogens is 2. The Labute approximate surface area is 125 Å². The van der Waals surface area contributed by atoms with Gasteiger partial charge in [-0.3, -0.25) is 4.72 Å². The Morgan fingerprint density at radius 2 is 2.10 bits per heavy atom. The minimum absolute atomic E-state index is 0.0180. The van der Waals surface area contributed by atoms with E-state index in [1.54, 1.807) is 6.07 Å². The molecule has 2 rings (SSSR count). The molecule has 114 valence electrons. The van der Waals surface area contributed by atoms with Crippen LogP contribution in [0.3, 0.4) is 0 Å². The molecule has 21 heavy (non-hydrogen) atoms. The lowest BCUT2D eigenvalue weighted by molar-refractivity contribution is 0.473. The van der Waals surface area contributed by atoms with Gasteiger partial charge in [0.15, 0.2) is 5.03 Å². The summed E-state index contributed by atoms with van der Waals surface area (Å²) in [6.07, 6.45) is 4.75. The first kappa shape index (κ1) is 15.6. The number of nitrogens with zero attached hydrogens (tertiary/aromatic N) is 1. The number of benzene rings is 1. The van der Waals surface area contributed by atoms with Gasteiger partial charge in [-0.1, -0.05) is 39.3 Å². The van der Waals surface area contributed by atoms with Crippen molar-refractivity contribution in [3.63, 3.8) is 0 Å². The molecule has 6 heteroatoms. The van der Waals surface area contributed by atoms with Gasteiger partial charge >= 0.3 is 0 Å². The molecule has 1 aromatic carbocycles. The van der Waals surface area contributed by atoms with Gasteiger partial charge in [0.05, 0.1) is 12.5 Å². The fourth-order valence-corrected chi connectivity index (χ4v) is 3.33. The summed E-state index contributed by atoms with van der Waals surface area (Å²) >= 11 is 0. The van der Waals surface area contributed by atoms with Gasteiger partial charge in [0.25, 0.3) is 10.0 Å². The van der Waals surface area contributed by atoms with Crippen LogP contribution in [-0.4, -0.2) is 18.4 Å². The van der Waals surface area contributed by atoms with Crippen LogP contribution in [-0.2, 0) is 15.4 Å². The minimum Gasteiger partial charge on any atom is -0.334 e. The van der Waals surface area contributed by atoms with E-state index in [0.29, 0.717) is 5.69 Å². The molecular weight excluding hydrogens is 286 g/mol. The van der Waals surface area contributed by atoms with Crippen molar-refractivity contribution in [2.75, 3.05) is 4.72 Å². The molecule has 1 aromatic heterocycles. The molecular formula is C15H21N3O2S. The molecule has 0 spiro atoms. The zero-order valence-corrected chi connectivity index (χ0v) is 13.4. The van der Waals surface area contributed by atoms with Crippen LogP contribution in [0.4, 0.5) is 5.69 Å². The fourth-order valence-electron chi connectivity index (χ4n) is 2.37. The van der Waals surface area contributed by atoms with Crippen molar-refractivity contribution in [1.29, 1.82) is 0 Å². The molecule has 0 bridgehead atoms. The van der Waals surface area contributed by atoms with Crippen molar-refractivity contribution in [3.8, 4) is 0 Å². The van der Waals surface area contributed by atoms with E-state index in [1.165, 1.54) is 12.5 Å². The number of hydrogen-bond donors (Lipinski definition) is 2. The van der Waals surface area contributed by atoms with Crippen LogP contribution < -0.4 is 4.72 Å². The summed E-state index contributed by atoms with van der Waals surface area (Å²) in [4.78, 5) is 6.34. The molecule has 0 fully saturated rings. The Bertz CT molecular complexity index is 691. The monoisotopic (exact) mass is 307 g/mol. The second kappa shape index (κ2) is 5.89. The van der Waals surface area contributed by atoms with Crippen LogP contribution in [0.1, 0.15) is 39.2 Å². The minimum atomic E-state index is -3.61. The van der Waals surface area contributed by atoms with E-state index in [0.717, 1.165) is 18.4 Å². The third kappa shape index (κ3) is 3.64. The maximum Gasteiger partial charge on any atom is 0.278 e. The van der Waals surface area contributed by atoms with Gasteiger partial charge in [-0.2, -0.15) is 8.42 Å². The summed E-state index contributed by atoms with van der Waals surface area (Å²) in [6, 6.07) is 7.55. The van der Waals surface area contributed by atoms with E-state index in [-0.39, 0.29) is 10.4 Å². The molecule has 0 saturated carbocycles. The van der Waals surface area contributed by atoms with Crippen LogP contribution in [0.2, 0.25) is 0 Å². The molecule has 0 aliphatic heterocycles. The molecule has 5 nitrogen and oxygen atoms in total. The van der Waals surface area contributed by atoms with Gasteiger partial charge in [0, 0.05) is 5.69 Å². The maximum atomic E-state index is 12.2. The molecule has 2 N–H and O–H groups in total. The SMILES string of the molecule is CCCC(C)(C)c1cccc(NS(=O)(=O)c2cnc[nH]2)c1. The summed E-state index contributed by atoms with van der Waals surface area (Å²) in [7, 11) is -3.61. The molecule has 2 aromatic rings. The van der Waals surface area contributed by atoms with Crippen LogP contribution >= 0.6 is 0 Å². The molecule has 0 atom stereocenters. The van der Waals surface area contributed by atoms with Crippen molar-refractivity contribution in [2.45, 2.75) is 44.1 Å². The number of anilines is 1. The maximum absolute atomic E-state index is 12.2. The standard InChI is InChI=1S/C15H21N3O2S/c1-4-8-15(2,3)12-6-5-7-13(9-12)18-21(19,20)14-10-16-11-17-14/h5-7,9-11,18H,4,8H2,1-3H3,(H,16,17). The predicted octanol–water partition coefficient (Wildman–Crippen LogP) is 3.29. The predicted molar refractivity (Wildman–Crippen MR) is 83.8 cm³/mol. The summed E-state index contributed by atoms with van der Waals surface area (Å²) in [5, 5.41) is 0.0562. The van der Waals surface area contributed by atoms with E-state index in [9.17, 15) is 8.42 Å². The van der Waals surface area contributed by atoms with Gasteiger partial charge in [0.2, 0.25) is 0 Å². The second-order valence-corrected chi connectivity index (χ2v) is 7.39. The first-order chi connectivity index (χ1) is 9.85. The van der Waals surface area contributed by atoms with Gasteiger partial charge in [-0.15, -0.1) is 0 Å². The summed E-state index contributed by atoms with van der Waals surface area (Å²) < 4.78 is 26.9. The smallest absolute Gasteiger partial charge is 0.278 e. The van der Waals surface area contributed by atoms with Crippen molar-refractivity contribution < 1.29 is 8.42 Å². The van der Waals surface area contributed by atoms with E-state index in [2.05, 4.69) is 35.5 Å². The number of imidazole rings is 1. The first-order valence-corrected chi connectivity index (χ1v) is 8.45. The Kier molecular flexibility index (Phi) is 4.37. The third-order valence-corrected chi connectivity index (χ3v) is 4.84. The lowest BCUT2D eigenvalue weighted by Crippen LogP contribution is -2.18. The number of hydrogen-bond acceptors (Lipinski definition) is 3. The highest BCUT2D eigenvalue weighted by molar-refractivity contribution is 7.92. The Morgan fingerprint density at radius 1 is 1.33 bits per heavy atom.